The highest BCUT2D eigenvalue weighted by atomic mass is 35.5. The molecule has 0 aliphatic rings. The van der Waals surface area contributed by atoms with Gasteiger partial charge in [-0.2, -0.15) is 0 Å². The monoisotopic (exact) mass is 228 g/mol. The maximum absolute atomic E-state index is 8.94. The SMILES string of the molecule is CSC(=CCc1ccc(Cl)cc1)CO. The van der Waals surface area contributed by atoms with Crippen molar-refractivity contribution < 1.29 is 5.11 Å². The van der Waals surface area contributed by atoms with Crippen LogP contribution in [0.2, 0.25) is 5.02 Å². The van der Waals surface area contributed by atoms with E-state index in [-0.39, 0.29) is 6.61 Å². The molecule has 0 aliphatic carbocycles. The molecule has 1 nitrogen and oxygen atoms in total. The van der Waals surface area contributed by atoms with Gasteiger partial charge in [-0.05, 0) is 30.4 Å². The third kappa shape index (κ3) is 3.74. The Bertz CT molecular complexity index is 300. The molecule has 0 aromatic heterocycles. The van der Waals surface area contributed by atoms with Gasteiger partial charge in [-0.1, -0.05) is 29.8 Å². The predicted octanol–water partition coefficient (Wildman–Crippen LogP) is 3.12. The molecular formula is C11H13ClOS. The van der Waals surface area contributed by atoms with Crippen molar-refractivity contribution in [1.29, 1.82) is 0 Å². The maximum atomic E-state index is 8.94. The molecule has 1 N–H and O–H groups in total. The average Bonchev–Trinajstić information content (AvgIpc) is 2.22. The van der Waals surface area contributed by atoms with E-state index in [0.717, 1.165) is 16.3 Å². The van der Waals surface area contributed by atoms with Gasteiger partial charge in [0.05, 0.1) is 6.61 Å². The standard InChI is InChI=1S/C11H13ClOS/c1-14-11(8-13)7-4-9-2-5-10(12)6-3-9/h2-3,5-7,13H,4,8H2,1H3. The minimum atomic E-state index is 0.120. The Morgan fingerprint density at radius 1 is 1.43 bits per heavy atom. The lowest BCUT2D eigenvalue weighted by Crippen LogP contribution is -1.87. The minimum Gasteiger partial charge on any atom is -0.391 e. The zero-order chi connectivity index (χ0) is 10.4. The van der Waals surface area contributed by atoms with Crippen molar-refractivity contribution in [3.63, 3.8) is 0 Å². The van der Waals surface area contributed by atoms with E-state index in [1.54, 1.807) is 11.8 Å². The van der Waals surface area contributed by atoms with Gasteiger partial charge in [-0.15, -0.1) is 11.8 Å². The van der Waals surface area contributed by atoms with Gasteiger partial charge in [0, 0.05) is 9.93 Å². The molecule has 0 bridgehead atoms. The summed E-state index contributed by atoms with van der Waals surface area (Å²) < 4.78 is 0. The molecule has 0 amide bonds. The van der Waals surface area contributed by atoms with Crippen LogP contribution >= 0.6 is 23.4 Å². The average molecular weight is 229 g/mol. The maximum Gasteiger partial charge on any atom is 0.0737 e. The summed E-state index contributed by atoms with van der Waals surface area (Å²) in [6, 6.07) is 7.74. The van der Waals surface area contributed by atoms with Gasteiger partial charge in [-0.3, -0.25) is 0 Å². The van der Waals surface area contributed by atoms with Crippen LogP contribution in [0.1, 0.15) is 5.56 Å². The first-order valence-electron chi connectivity index (χ1n) is 4.34. The topological polar surface area (TPSA) is 20.2 Å². The number of hydrogen-bond donors (Lipinski definition) is 1. The van der Waals surface area contributed by atoms with E-state index >= 15 is 0 Å². The molecule has 1 rings (SSSR count). The third-order valence-corrected chi connectivity index (χ3v) is 2.97. The molecule has 0 fully saturated rings. The summed E-state index contributed by atoms with van der Waals surface area (Å²) in [5.74, 6) is 0. The van der Waals surface area contributed by atoms with Crippen molar-refractivity contribution in [2.75, 3.05) is 12.9 Å². The summed E-state index contributed by atoms with van der Waals surface area (Å²) in [6.07, 6.45) is 4.84. The number of halogens is 1. The zero-order valence-electron chi connectivity index (χ0n) is 8.03. The van der Waals surface area contributed by atoms with Gasteiger partial charge in [0.1, 0.15) is 0 Å². The molecule has 14 heavy (non-hydrogen) atoms. The fourth-order valence-electron chi connectivity index (χ4n) is 1.06. The molecule has 0 unspecified atom stereocenters. The van der Waals surface area contributed by atoms with E-state index in [9.17, 15) is 0 Å². The second-order valence-electron chi connectivity index (χ2n) is 2.86. The smallest absolute Gasteiger partial charge is 0.0737 e. The van der Waals surface area contributed by atoms with Crippen LogP contribution in [0.25, 0.3) is 0 Å². The van der Waals surface area contributed by atoms with Gasteiger partial charge >= 0.3 is 0 Å². The van der Waals surface area contributed by atoms with E-state index in [2.05, 4.69) is 0 Å². The van der Waals surface area contributed by atoms with E-state index in [0.29, 0.717) is 0 Å². The lowest BCUT2D eigenvalue weighted by atomic mass is 10.1. The number of aliphatic hydroxyl groups excluding tert-OH is 1. The first-order chi connectivity index (χ1) is 6.76. The molecular weight excluding hydrogens is 216 g/mol. The molecule has 0 spiro atoms. The molecule has 1 aromatic carbocycles. The van der Waals surface area contributed by atoms with Gasteiger partial charge in [-0.25, -0.2) is 0 Å². The zero-order valence-corrected chi connectivity index (χ0v) is 9.61. The Labute approximate surface area is 93.8 Å². The van der Waals surface area contributed by atoms with Gasteiger partial charge in [0.2, 0.25) is 0 Å². The van der Waals surface area contributed by atoms with Crippen LogP contribution < -0.4 is 0 Å². The highest BCUT2D eigenvalue weighted by Crippen LogP contribution is 2.14. The number of rotatable bonds is 4. The Balaban J connectivity index is 2.60. The summed E-state index contributed by atoms with van der Waals surface area (Å²) in [5, 5.41) is 9.69. The summed E-state index contributed by atoms with van der Waals surface area (Å²) in [4.78, 5) is 1.000. The fraction of sp³-hybridized carbons (Fsp3) is 0.273. The highest BCUT2D eigenvalue weighted by molar-refractivity contribution is 8.02. The van der Waals surface area contributed by atoms with Crippen LogP contribution in [0.4, 0.5) is 0 Å². The molecule has 76 valence electrons. The van der Waals surface area contributed by atoms with E-state index in [4.69, 9.17) is 16.7 Å². The van der Waals surface area contributed by atoms with Crippen LogP contribution in [-0.2, 0) is 6.42 Å². The van der Waals surface area contributed by atoms with Crippen LogP contribution in [-0.4, -0.2) is 18.0 Å². The Hall–Kier alpha value is -0.440. The fourth-order valence-corrected chi connectivity index (χ4v) is 1.57. The van der Waals surface area contributed by atoms with E-state index in [1.807, 2.05) is 36.6 Å². The number of benzene rings is 1. The van der Waals surface area contributed by atoms with Crippen molar-refractivity contribution in [1.82, 2.24) is 0 Å². The lowest BCUT2D eigenvalue weighted by Gasteiger charge is -2.00. The number of thioether (sulfide) groups is 1. The van der Waals surface area contributed by atoms with Crippen LogP contribution in [0.15, 0.2) is 35.2 Å². The summed E-state index contributed by atoms with van der Waals surface area (Å²) in [6.45, 7) is 0.120. The summed E-state index contributed by atoms with van der Waals surface area (Å²) in [5.41, 5.74) is 1.20. The van der Waals surface area contributed by atoms with Gasteiger partial charge < -0.3 is 5.11 Å². The normalized spacial score (nSPS) is 11.8. The Morgan fingerprint density at radius 3 is 2.57 bits per heavy atom. The van der Waals surface area contributed by atoms with Crippen molar-refractivity contribution >= 4 is 23.4 Å². The number of allylic oxidation sites excluding steroid dienone is 1. The Kier molecular flexibility index (Phi) is 5.09. The summed E-state index contributed by atoms with van der Waals surface area (Å²) in [7, 11) is 0. The highest BCUT2D eigenvalue weighted by Gasteiger charge is 1.94. The van der Waals surface area contributed by atoms with Crippen molar-refractivity contribution in [2.24, 2.45) is 0 Å². The van der Waals surface area contributed by atoms with Crippen LogP contribution in [0.5, 0.6) is 0 Å². The third-order valence-electron chi connectivity index (χ3n) is 1.90. The number of aliphatic hydroxyl groups is 1. The molecule has 0 saturated carbocycles. The molecule has 3 heteroatoms. The minimum absolute atomic E-state index is 0.120. The van der Waals surface area contributed by atoms with Gasteiger partial charge in [0.15, 0.2) is 0 Å². The molecule has 0 atom stereocenters. The summed E-state index contributed by atoms with van der Waals surface area (Å²) >= 11 is 7.35. The van der Waals surface area contributed by atoms with Crippen LogP contribution in [0.3, 0.4) is 0 Å². The molecule has 0 heterocycles. The first-order valence-corrected chi connectivity index (χ1v) is 5.95. The second kappa shape index (κ2) is 6.12. The van der Waals surface area contributed by atoms with E-state index in [1.165, 1.54) is 5.56 Å². The quantitative estimate of drug-likeness (QED) is 0.855. The lowest BCUT2D eigenvalue weighted by molar-refractivity contribution is 0.339. The second-order valence-corrected chi connectivity index (χ2v) is 4.23. The Morgan fingerprint density at radius 2 is 2.07 bits per heavy atom. The molecule has 1 aromatic rings. The molecule has 0 radical (unpaired) electrons. The largest absolute Gasteiger partial charge is 0.391 e. The van der Waals surface area contributed by atoms with Gasteiger partial charge in [0.25, 0.3) is 0 Å². The first kappa shape index (κ1) is 11.6. The van der Waals surface area contributed by atoms with E-state index < -0.39 is 0 Å². The molecule has 0 aliphatic heterocycles. The molecule has 0 saturated heterocycles. The van der Waals surface area contributed by atoms with Crippen LogP contribution in [0, 0.1) is 0 Å². The van der Waals surface area contributed by atoms with Crippen molar-refractivity contribution in [3.05, 3.63) is 45.8 Å². The number of hydrogen-bond acceptors (Lipinski definition) is 2. The van der Waals surface area contributed by atoms with Crippen molar-refractivity contribution in [3.8, 4) is 0 Å². The predicted molar refractivity (Wildman–Crippen MR) is 63.8 cm³/mol. The van der Waals surface area contributed by atoms with Crippen molar-refractivity contribution in [2.45, 2.75) is 6.42 Å².